The molecule has 0 aromatic heterocycles. The largest absolute Gasteiger partial charge is 0.355 e. The van der Waals surface area contributed by atoms with Crippen molar-refractivity contribution in [1.82, 2.24) is 10.2 Å². The highest BCUT2D eigenvalue weighted by molar-refractivity contribution is 7.92. The first-order valence-corrected chi connectivity index (χ1v) is 14.2. The van der Waals surface area contributed by atoms with Gasteiger partial charge in [-0.1, -0.05) is 56.3 Å². The molecule has 0 heterocycles. The van der Waals surface area contributed by atoms with Crippen LogP contribution in [0, 0.1) is 0 Å². The van der Waals surface area contributed by atoms with Gasteiger partial charge in [-0.25, -0.2) is 8.42 Å². The van der Waals surface area contributed by atoms with Crippen molar-refractivity contribution in [3.8, 4) is 0 Å². The number of benzene rings is 2. The Morgan fingerprint density at radius 3 is 2.11 bits per heavy atom. The fourth-order valence-electron chi connectivity index (χ4n) is 4.09. The van der Waals surface area contributed by atoms with Crippen LogP contribution in [-0.2, 0) is 32.5 Å². The second-order valence-corrected chi connectivity index (χ2v) is 10.5. The van der Waals surface area contributed by atoms with Gasteiger partial charge in [0.2, 0.25) is 21.8 Å². The monoisotopic (exact) mass is 501 g/mol. The van der Waals surface area contributed by atoms with Crippen LogP contribution in [0.5, 0.6) is 0 Å². The van der Waals surface area contributed by atoms with Crippen LogP contribution in [-0.4, -0.2) is 57.1 Å². The fourth-order valence-corrected chi connectivity index (χ4v) is 5.06. The van der Waals surface area contributed by atoms with Gasteiger partial charge in [0.15, 0.2) is 0 Å². The summed E-state index contributed by atoms with van der Waals surface area (Å²) in [5, 5.41) is 2.83. The number of nitrogens with zero attached hydrogens (tertiary/aromatic N) is 2. The highest BCUT2D eigenvalue weighted by Crippen LogP contribution is 2.20. The molecule has 0 aliphatic rings. The molecule has 7 nitrogen and oxygen atoms in total. The van der Waals surface area contributed by atoms with E-state index in [1.54, 1.807) is 17.0 Å². The van der Waals surface area contributed by atoms with Gasteiger partial charge >= 0.3 is 0 Å². The van der Waals surface area contributed by atoms with E-state index in [0.29, 0.717) is 38.0 Å². The molecule has 0 aliphatic carbocycles. The highest BCUT2D eigenvalue weighted by Gasteiger charge is 2.28. The highest BCUT2D eigenvalue weighted by atomic mass is 32.2. The summed E-state index contributed by atoms with van der Waals surface area (Å²) in [7, 11) is -3.50. The molecule has 0 radical (unpaired) electrons. The van der Waals surface area contributed by atoms with Gasteiger partial charge in [-0.05, 0) is 55.9 Å². The van der Waals surface area contributed by atoms with E-state index >= 15 is 0 Å². The van der Waals surface area contributed by atoms with Crippen LogP contribution in [0.1, 0.15) is 51.2 Å². The Balaban J connectivity index is 2.13. The Morgan fingerprint density at radius 2 is 1.57 bits per heavy atom. The molecule has 0 spiro atoms. The minimum atomic E-state index is -3.50. The number of hydrogen-bond acceptors (Lipinski definition) is 4. The third-order valence-corrected chi connectivity index (χ3v) is 7.20. The zero-order valence-corrected chi connectivity index (χ0v) is 22.2. The number of rotatable bonds is 14. The molecular weight excluding hydrogens is 462 g/mol. The Hall–Kier alpha value is -2.87. The summed E-state index contributed by atoms with van der Waals surface area (Å²) in [5.41, 5.74) is 2.81. The number of likely N-dealkylation sites (N-methyl/N-ethyl adjacent to an activating group) is 1. The van der Waals surface area contributed by atoms with Crippen LogP contribution in [0.3, 0.4) is 0 Å². The number of anilines is 1. The number of carbonyl (C=O) groups is 2. The van der Waals surface area contributed by atoms with Gasteiger partial charge < -0.3 is 10.2 Å². The Morgan fingerprint density at radius 1 is 0.914 bits per heavy atom. The van der Waals surface area contributed by atoms with E-state index in [9.17, 15) is 18.0 Å². The molecular formula is C27H39N3O4S. The predicted molar refractivity (Wildman–Crippen MR) is 142 cm³/mol. The molecule has 1 atom stereocenters. The van der Waals surface area contributed by atoms with Gasteiger partial charge in [0.1, 0.15) is 6.04 Å². The van der Waals surface area contributed by atoms with Gasteiger partial charge in [-0.2, -0.15) is 0 Å². The van der Waals surface area contributed by atoms with E-state index in [2.05, 4.69) is 5.32 Å². The number of sulfonamides is 1. The van der Waals surface area contributed by atoms with Crippen molar-refractivity contribution >= 4 is 27.5 Å². The quantitative estimate of drug-likeness (QED) is 0.427. The molecule has 0 aliphatic heterocycles. The van der Waals surface area contributed by atoms with Crippen molar-refractivity contribution in [2.45, 2.75) is 58.9 Å². The third kappa shape index (κ3) is 8.69. The van der Waals surface area contributed by atoms with Crippen molar-refractivity contribution in [1.29, 1.82) is 0 Å². The standard InChI is InChI=1S/C27H39N3O4S/c1-5-22-15-17-24(18-16-22)30(35(4,33)34)20-11-14-26(31)29(25(6-2)27(32)28-7-3)21-19-23-12-9-8-10-13-23/h8-10,12-13,15-18,25H,5-7,11,14,19-21H2,1-4H3,(H,28,32)/t25-/m1/s1. The van der Waals surface area contributed by atoms with E-state index < -0.39 is 16.1 Å². The summed E-state index contributed by atoms with van der Waals surface area (Å²) in [6, 6.07) is 16.7. The van der Waals surface area contributed by atoms with E-state index in [1.165, 1.54) is 10.6 Å². The van der Waals surface area contributed by atoms with E-state index in [4.69, 9.17) is 0 Å². The summed E-state index contributed by atoms with van der Waals surface area (Å²) < 4.78 is 26.2. The molecule has 35 heavy (non-hydrogen) atoms. The summed E-state index contributed by atoms with van der Waals surface area (Å²) in [5.74, 6) is -0.306. The molecule has 2 rings (SSSR count). The minimum absolute atomic E-state index is 0.145. The lowest BCUT2D eigenvalue weighted by Crippen LogP contribution is -2.50. The van der Waals surface area contributed by atoms with E-state index in [-0.39, 0.29) is 24.8 Å². The number of amides is 2. The molecule has 0 bridgehead atoms. The first kappa shape index (κ1) is 28.4. The number of carbonyl (C=O) groups excluding carboxylic acids is 2. The molecule has 0 saturated heterocycles. The number of aryl methyl sites for hydroxylation is 1. The lowest BCUT2D eigenvalue weighted by Gasteiger charge is -2.31. The molecule has 2 aromatic rings. The number of hydrogen-bond donors (Lipinski definition) is 1. The molecule has 0 saturated carbocycles. The Kier molecular flexibility index (Phi) is 11.2. The maximum absolute atomic E-state index is 13.3. The zero-order valence-electron chi connectivity index (χ0n) is 21.4. The molecule has 192 valence electrons. The molecule has 1 N–H and O–H groups in total. The molecule has 2 aromatic carbocycles. The average Bonchev–Trinajstić information content (AvgIpc) is 2.84. The van der Waals surface area contributed by atoms with Crippen molar-refractivity contribution < 1.29 is 18.0 Å². The van der Waals surface area contributed by atoms with Crippen LogP contribution in [0.2, 0.25) is 0 Å². The average molecular weight is 502 g/mol. The smallest absolute Gasteiger partial charge is 0.242 e. The topological polar surface area (TPSA) is 86.8 Å². The van der Waals surface area contributed by atoms with E-state index in [0.717, 1.165) is 17.5 Å². The van der Waals surface area contributed by atoms with Gasteiger partial charge in [0, 0.05) is 26.1 Å². The summed E-state index contributed by atoms with van der Waals surface area (Å²) in [6.45, 7) is 6.91. The van der Waals surface area contributed by atoms with Gasteiger partial charge in [0.05, 0.1) is 11.9 Å². The molecule has 2 amide bonds. The SMILES string of the molecule is CCNC(=O)[C@@H](CC)N(CCc1ccccc1)C(=O)CCCN(c1ccc(CC)cc1)S(C)(=O)=O. The van der Waals surface area contributed by atoms with Crippen LogP contribution < -0.4 is 9.62 Å². The maximum atomic E-state index is 13.3. The van der Waals surface area contributed by atoms with Gasteiger partial charge in [-0.3, -0.25) is 13.9 Å². The van der Waals surface area contributed by atoms with Crippen molar-refractivity contribution in [3.63, 3.8) is 0 Å². The second-order valence-electron chi connectivity index (χ2n) is 8.60. The van der Waals surface area contributed by atoms with Crippen LogP contribution in [0.15, 0.2) is 54.6 Å². The Bertz CT molecular complexity index is 1040. The first-order chi connectivity index (χ1) is 16.7. The maximum Gasteiger partial charge on any atom is 0.242 e. The second kappa shape index (κ2) is 13.9. The number of nitrogens with one attached hydrogen (secondary N) is 1. The van der Waals surface area contributed by atoms with Crippen LogP contribution >= 0.6 is 0 Å². The zero-order chi connectivity index (χ0) is 25.8. The molecule has 0 fully saturated rings. The summed E-state index contributed by atoms with van der Waals surface area (Å²) in [4.78, 5) is 27.6. The molecule has 8 heteroatoms. The Labute approximate surface area is 210 Å². The minimum Gasteiger partial charge on any atom is -0.355 e. The predicted octanol–water partition coefficient (Wildman–Crippen LogP) is 3.78. The normalized spacial score (nSPS) is 12.1. The van der Waals surface area contributed by atoms with Crippen molar-refractivity contribution in [2.24, 2.45) is 0 Å². The van der Waals surface area contributed by atoms with Crippen LogP contribution in [0.4, 0.5) is 5.69 Å². The van der Waals surface area contributed by atoms with Crippen LogP contribution in [0.25, 0.3) is 0 Å². The lowest BCUT2D eigenvalue weighted by atomic mass is 10.1. The first-order valence-electron chi connectivity index (χ1n) is 12.4. The van der Waals surface area contributed by atoms with Crippen molar-refractivity contribution in [3.05, 3.63) is 65.7 Å². The van der Waals surface area contributed by atoms with Gasteiger partial charge in [-0.15, -0.1) is 0 Å². The van der Waals surface area contributed by atoms with E-state index in [1.807, 2.05) is 63.2 Å². The molecule has 0 unspecified atom stereocenters. The summed E-state index contributed by atoms with van der Waals surface area (Å²) >= 11 is 0. The fraction of sp³-hybridized carbons (Fsp3) is 0.481. The lowest BCUT2D eigenvalue weighted by molar-refractivity contribution is -0.140. The third-order valence-electron chi connectivity index (χ3n) is 6.01. The summed E-state index contributed by atoms with van der Waals surface area (Å²) in [6.07, 6.45) is 3.71. The van der Waals surface area contributed by atoms with Crippen molar-refractivity contribution in [2.75, 3.05) is 30.2 Å². The van der Waals surface area contributed by atoms with Gasteiger partial charge in [0.25, 0.3) is 0 Å².